The Morgan fingerprint density at radius 2 is 1.57 bits per heavy atom. The molecule has 3 aromatic rings. The predicted molar refractivity (Wildman–Crippen MR) is 87.0 cm³/mol. The van der Waals surface area contributed by atoms with Gasteiger partial charge in [0.1, 0.15) is 11.5 Å². The van der Waals surface area contributed by atoms with E-state index in [9.17, 15) is 8.78 Å². The molecule has 0 aliphatic heterocycles. The van der Waals surface area contributed by atoms with Crippen LogP contribution in [0, 0.1) is 11.6 Å². The minimum absolute atomic E-state index is 0.214. The minimum atomic E-state index is -0.866. The van der Waals surface area contributed by atoms with Gasteiger partial charge in [-0.3, -0.25) is 0 Å². The molecule has 118 valence electrons. The fourth-order valence-electron chi connectivity index (χ4n) is 2.54. The van der Waals surface area contributed by atoms with Crippen molar-refractivity contribution in [2.24, 2.45) is 0 Å². The van der Waals surface area contributed by atoms with Crippen molar-refractivity contribution in [1.82, 2.24) is 0 Å². The summed E-state index contributed by atoms with van der Waals surface area (Å²) < 4.78 is 39.4. The Morgan fingerprint density at radius 1 is 0.870 bits per heavy atom. The minimum Gasteiger partial charge on any atom is -0.497 e. The first-order chi connectivity index (χ1) is 11.1. The molecule has 0 N–H and O–H groups in total. The van der Waals surface area contributed by atoms with Gasteiger partial charge in [-0.15, -0.1) is 0 Å². The van der Waals surface area contributed by atoms with E-state index in [0.717, 1.165) is 0 Å². The maximum Gasteiger partial charge on any atom is 0.167 e. The Balaban J connectivity index is 2.14. The largest absolute Gasteiger partial charge is 0.497 e. The van der Waals surface area contributed by atoms with E-state index >= 15 is 0 Å². The van der Waals surface area contributed by atoms with Gasteiger partial charge in [0.15, 0.2) is 11.6 Å². The average Bonchev–Trinajstić information content (AvgIpc) is 2.59. The molecular formula is C19H16F2O2. The zero-order valence-electron chi connectivity index (χ0n) is 12.9. The quantitative estimate of drug-likeness (QED) is 0.659. The van der Waals surface area contributed by atoms with Crippen molar-refractivity contribution >= 4 is 10.8 Å². The summed E-state index contributed by atoms with van der Waals surface area (Å²) in [6.07, 6.45) is 0. The van der Waals surface area contributed by atoms with Crippen LogP contribution in [-0.2, 0) is 0 Å². The summed E-state index contributed by atoms with van der Waals surface area (Å²) in [6, 6.07) is 13.5. The van der Waals surface area contributed by atoms with Crippen molar-refractivity contribution in [3.05, 3.63) is 60.2 Å². The van der Waals surface area contributed by atoms with Gasteiger partial charge in [0.2, 0.25) is 0 Å². The molecule has 3 rings (SSSR count). The maximum absolute atomic E-state index is 14.5. The fraction of sp³-hybridized carbons (Fsp3) is 0.158. The van der Waals surface area contributed by atoms with Crippen molar-refractivity contribution in [3.63, 3.8) is 0 Å². The first kappa shape index (κ1) is 15.3. The number of fused-ring (bicyclic) bond motifs is 1. The van der Waals surface area contributed by atoms with Crippen LogP contribution in [0.25, 0.3) is 21.9 Å². The molecule has 0 radical (unpaired) electrons. The number of hydrogen-bond acceptors (Lipinski definition) is 2. The van der Waals surface area contributed by atoms with E-state index in [4.69, 9.17) is 9.47 Å². The summed E-state index contributed by atoms with van der Waals surface area (Å²) in [5.41, 5.74) is 0.819. The SMILES string of the molecule is CCOc1ccc2cc(-c3ccc(OC)cc3)c(F)c(F)c2c1. The van der Waals surface area contributed by atoms with Gasteiger partial charge < -0.3 is 9.47 Å². The summed E-state index contributed by atoms with van der Waals surface area (Å²) in [7, 11) is 1.56. The highest BCUT2D eigenvalue weighted by molar-refractivity contribution is 5.89. The van der Waals surface area contributed by atoms with Crippen LogP contribution in [0.15, 0.2) is 48.5 Å². The van der Waals surface area contributed by atoms with Crippen LogP contribution < -0.4 is 9.47 Å². The van der Waals surface area contributed by atoms with Gasteiger partial charge in [0, 0.05) is 10.9 Å². The molecule has 0 saturated carbocycles. The number of hydrogen-bond donors (Lipinski definition) is 0. The van der Waals surface area contributed by atoms with E-state index in [2.05, 4.69) is 0 Å². The first-order valence-electron chi connectivity index (χ1n) is 7.33. The smallest absolute Gasteiger partial charge is 0.167 e. The van der Waals surface area contributed by atoms with Gasteiger partial charge in [-0.05, 0) is 48.2 Å². The summed E-state index contributed by atoms with van der Waals surface area (Å²) in [6.45, 7) is 2.31. The van der Waals surface area contributed by atoms with Gasteiger partial charge in [0.05, 0.1) is 13.7 Å². The van der Waals surface area contributed by atoms with Crippen LogP contribution in [-0.4, -0.2) is 13.7 Å². The van der Waals surface area contributed by atoms with Crippen molar-refractivity contribution < 1.29 is 18.3 Å². The number of methoxy groups -OCH3 is 1. The molecule has 0 heterocycles. The van der Waals surface area contributed by atoms with E-state index < -0.39 is 11.6 Å². The van der Waals surface area contributed by atoms with Gasteiger partial charge in [0.25, 0.3) is 0 Å². The molecule has 0 bridgehead atoms. The zero-order valence-corrected chi connectivity index (χ0v) is 12.9. The number of halogens is 2. The third-order valence-electron chi connectivity index (χ3n) is 3.70. The lowest BCUT2D eigenvalue weighted by atomic mass is 9.99. The summed E-state index contributed by atoms with van der Waals surface area (Å²) >= 11 is 0. The molecular weight excluding hydrogens is 298 g/mol. The highest BCUT2D eigenvalue weighted by atomic mass is 19.2. The highest BCUT2D eigenvalue weighted by Crippen LogP contribution is 2.33. The maximum atomic E-state index is 14.5. The lowest BCUT2D eigenvalue weighted by molar-refractivity contribution is 0.340. The van der Waals surface area contributed by atoms with Gasteiger partial charge >= 0.3 is 0 Å². The van der Waals surface area contributed by atoms with E-state index in [1.54, 1.807) is 49.6 Å². The Bertz CT molecular complexity index is 842. The zero-order chi connectivity index (χ0) is 16.4. The lowest BCUT2D eigenvalue weighted by Gasteiger charge is -2.10. The Hall–Kier alpha value is -2.62. The van der Waals surface area contributed by atoms with Crippen LogP contribution in [0.4, 0.5) is 8.78 Å². The molecule has 3 aromatic carbocycles. The van der Waals surface area contributed by atoms with Gasteiger partial charge in [-0.2, -0.15) is 0 Å². The fourth-order valence-corrected chi connectivity index (χ4v) is 2.54. The molecule has 0 aromatic heterocycles. The Morgan fingerprint density at radius 3 is 2.22 bits per heavy atom. The van der Waals surface area contributed by atoms with Crippen LogP contribution in [0.3, 0.4) is 0 Å². The van der Waals surface area contributed by atoms with Crippen molar-refractivity contribution in [1.29, 1.82) is 0 Å². The normalized spacial score (nSPS) is 10.8. The Kier molecular flexibility index (Phi) is 4.15. The third kappa shape index (κ3) is 2.84. The van der Waals surface area contributed by atoms with E-state index in [1.807, 2.05) is 6.92 Å². The molecule has 4 heteroatoms. The molecule has 0 aliphatic carbocycles. The third-order valence-corrected chi connectivity index (χ3v) is 3.70. The molecule has 2 nitrogen and oxygen atoms in total. The number of benzene rings is 3. The topological polar surface area (TPSA) is 18.5 Å². The van der Waals surface area contributed by atoms with Gasteiger partial charge in [-0.1, -0.05) is 18.2 Å². The van der Waals surface area contributed by atoms with E-state index in [1.165, 1.54) is 6.07 Å². The molecule has 0 saturated heterocycles. The van der Waals surface area contributed by atoms with Gasteiger partial charge in [-0.25, -0.2) is 8.78 Å². The molecule has 0 unspecified atom stereocenters. The average molecular weight is 314 g/mol. The van der Waals surface area contributed by atoms with Crippen LogP contribution >= 0.6 is 0 Å². The van der Waals surface area contributed by atoms with E-state index in [-0.39, 0.29) is 10.9 Å². The van der Waals surface area contributed by atoms with Crippen molar-refractivity contribution in [3.8, 4) is 22.6 Å². The van der Waals surface area contributed by atoms with Crippen LogP contribution in [0.1, 0.15) is 6.92 Å². The standard InChI is InChI=1S/C19H16F2O2/c1-3-23-15-9-6-13-10-16(18(20)19(21)17(13)11-15)12-4-7-14(22-2)8-5-12/h4-11H,3H2,1-2H3. The van der Waals surface area contributed by atoms with E-state index in [0.29, 0.717) is 29.1 Å². The monoisotopic (exact) mass is 314 g/mol. The van der Waals surface area contributed by atoms with Crippen LogP contribution in [0.5, 0.6) is 11.5 Å². The summed E-state index contributed by atoms with van der Waals surface area (Å²) in [5.74, 6) is -0.543. The summed E-state index contributed by atoms with van der Waals surface area (Å²) in [4.78, 5) is 0. The molecule has 0 aliphatic rings. The second-order valence-electron chi connectivity index (χ2n) is 5.10. The number of rotatable bonds is 4. The summed E-state index contributed by atoms with van der Waals surface area (Å²) in [5, 5.41) is 0.837. The molecule has 0 atom stereocenters. The molecule has 0 fully saturated rings. The Labute approximate surface area is 133 Å². The molecule has 0 amide bonds. The second kappa shape index (κ2) is 6.24. The molecule has 0 spiro atoms. The van der Waals surface area contributed by atoms with Crippen molar-refractivity contribution in [2.75, 3.05) is 13.7 Å². The van der Waals surface area contributed by atoms with Crippen LogP contribution in [0.2, 0.25) is 0 Å². The van der Waals surface area contributed by atoms with Crippen molar-refractivity contribution in [2.45, 2.75) is 6.92 Å². The molecule has 23 heavy (non-hydrogen) atoms. The predicted octanol–water partition coefficient (Wildman–Crippen LogP) is 5.19. The number of ether oxygens (including phenoxy) is 2. The highest BCUT2D eigenvalue weighted by Gasteiger charge is 2.15. The second-order valence-corrected chi connectivity index (χ2v) is 5.10. The lowest BCUT2D eigenvalue weighted by Crippen LogP contribution is -1.95. The first-order valence-corrected chi connectivity index (χ1v) is 7.33.